The molecule has 18 heavy (non-hydrogen) atoms. The van der Waals surface area contributed by atoms with Crippen LogP contribution < -0.4 is 5.32 Å². The van der Waals surface area contributed by atoms with Crippen LogP contribution in [-0.4, -0.2) is 42.9 Å². The van der Waals surface area contributed by atoms with Gasteiger partial charge in [-0.2, -0.15) is 0 Å². The fraction of sp³-hybridized carbons (Fsp3) is 0.538. The van der Waals surface area contributed by atoms with Gasteiger partial charge in [-0.15, -0.1) is 11.8 Å². The first-order valence-corrected chi connectivity index (χ1v) is 7.97. The van der Waals surface area contributed by atoms with E-state index >= 15 is 0 Å². The van der Waals surface area contributed by atoms with E-state index in [1.807, 2.05) is 18.2 Å². The lowest BCUT2D eigenvalue weighted by Crippen LogP contribution is -2.57. The molecule has 1 aromatic rings. The third kappa shape index (κ3) is 3.78. The summed E-state index contributed by atoms with van der Waals surface area (Å²) >= 11 is 13.9. The molecule has 0 aromatic heterocycles. The summed E-state index contributed by atoms with van der Waals surface area (Å²) in [7, 11) is 0. The van der Waals surface area contributed by atoms with Crippen LogP contribution in [0.15, 0.2) is 23.1 Å². The molecule has 1 aliphatic heterocycles. The molecule has 0 aliphatic carbocycles. The molecule has 2 nitrogen and oxygen atoms in total. The summed E-state index contributed by atoms with van der Waals surface area (Å²) in [5, 5.41) is 4.85. The second kappa shape index (κ2) is 7.01. The van der Waals surface area contributed by atoms with Gasteiger partial charge >= 0.3 is 0 Å². The van der Waals surface area contributed by atoms with E-state index in [0.717, 1.165) is 46.9 Å². The number of hydrogen-bond donors (Lipinski definition) is 1. The molecule has 5 heteroatoms. The Balaban J connectivity index is 1.81. The van der Waals surface area contributed by atoms with Gasteiger partial charge in [-0.1, -0.05) is 30.1 Å². The van der Waals surface area contributed by atoms with Crippen molar-refractivity contribution in [2.75, 3.05) is 31.9 Å². The average molecular weight is 305 g/mol. The van der Waals surface area contributed by atoms with Gasteiger partial charge in [-0.25, -0.2) is 0 Å². The highest BCUT2D eigenvalue weighted by molar-refractivity contribution is 7.99. The van der Waals surface area contributed by atoms with Crippen molar-refractivity contribution in [3.8, 4) is 0 Å². The maximum atomic E-state index is 6.14. The Bertz CT molecular complexity index is 397. The summed E-state index contributed by atoms with van der Waals surface area (Å²) in [6.45, 7) is 6.66. The summed E-state index contributed by atoms with van der Waals surface area (Å²) in [6, 6.07) is 6.34. The lowest BCUT2D eigenvalue weighted by Gasteiger charge is -2.37. The highest BCUT2D eigenvalue weighted by atomic mass is 35.5. The maximum absolute atomic E-state index is 6.14. The molecule has 1 N–H and O–H groups in total. The molecule has 1 heterocycles. The normalized spacial score (nSPS) is 16.0. The largest absolute Gasteiger partial charge is 0.314 e. The van der Waals surface area contributed by atoms with Crippen LogP contribution in [0.5, 0.6) is 0 Å². The van der Waals surface area contributed by atoms with Crippen LogP contribution in [0.25, 0.3) is 0 Å². The highest BCUT2D eigenvalue weighted by Gasteiger charge is 2.22. The second-order valence-corrected chi connectivity index (χ2v) is 6.34. The van der Waals surface area contributed by atoms with Crippen LogP contribution in [0.1, 0.15) is 6.92 Å². The van der Waals surface area contributed by atoms with Crippen LogP contribution in [0.4, 0.5) is 0 Å². The van der Waals surface area contributed by atoms with Crippen molar-refractivity contribution in [3.05, 3.63) is 28.2 Å². The molecule has 1 saturated heterocycles. The van der Waals surface area contributed by atoms with Crippen LogP contribution in [0, 0.1) is 0 Å². The van der Waals surface area contributed by atoms with Crippen molar-refractivity contribution in [1.29, 1.82) is 0 Å². The van der Waals surface area contributed by atoms with Gasteiger partial charge in [0.05, 0.1) is 5.02 Å². The average Bonchev–Trinajstić information content (AvgIpc) is 2.29. The van der Waals surface area contributed by atoms with Gasteiger partial charge in [0.25, 0.3) is 0 Å². The van der Waals surface area contributed by atoms with Crippen molar-refractivity contribution in [2.24, 2.45) is 0 Å². The first-order valence-electron chi connectivity index (χ1n) is 6.23. The van der Waals surface area contributed by atoms with E-state index in [2.05, 4.69) is 17.1 Å². The van der Waals surface area contributed by atoms with Gasteiger partial charge < -0.3 is 5.32 Å². The smallest absolute Gasteiger partial charge is 0.0542 e. The Morgan fingerprint density at radius 3 is 2.78 bits per heavy atom. The number of nitrogens with zero attached hydrogens (tertiary/aromatic N) is 1. The second-order valence-electron chi connectivity index (χ2n) is 4.36. The first kappa shape index (κ1) is 14.5. The molecule has 0 spiro atoms. The fourth-order valence-electron chi connectivity index (χ4n) is 1.99. The number of benzene rings is 1. The number of thioether (sulfide) groups is 1. The Kier molecular flexibility index (Phi) is 5.64. The number of nitrogens with one attached hydrogen (secondary N) is 1. The molecule has 0 amide bonds. The van der Waals surface area contributed by atoms with Gasteiger partial charge in [0, 0.05) is 41.3 Å². The minimum absolute atomic E-state index is 0.713. The zero-order valence-corrected chi connectivity index (χ0v) is 12.8. The molecule has 1 fully saturated rings. The minimum atomic E-state index is 0.713. The van der Waals surface area contributed by atoms with Crippen molar-refractivity contribution in [3.63, 3.8) is 0 Å². The molecule has 1 aromatic carbocycles. The van der Waals surface area contributed by atoms with E-state index in [9.17, 15) is 0 Å². The number of likely N-dealkylation sites (N-methyl/N-ethyl adjacent to an activating group) is 1. The molecule has 0 unspecified atom stereocenters. The number of rotatable bonds is 6. The van der Waals surface area contributed by atoms with Gasteiger partial charge in [-0.05, 0) is 24.7 Å². The zero-order valence-electron chi connectivity index (χ0n) is 10.5. The van der Waals surface area contributed by atoms with Gasteiger partial charge in [-0.3, -0.25) is 4.90 Å². The van der Waals surface area contributed by atoms with Crippen LogP contribution in [0.3, 0.4) is 0 Å². The predicted octanol–water partition coefficient (Wildman–Crippen LogP) is 3.38. The van der Waals surface area contributed by atoms with E-state index in [4.69, 9.17) is 23.2 Å². The molecule has 100 valence electrons. The van der Waals surface area contributed by atoms with Crippen molar-refractivity contribution >= 4 is 35.0 Å². The molecule has 1 aliphatic rings. The first-order chi connectivity index (χ1) is 8.70. The van der Waals surface area contributed by atoms with Gasteiger partial charge in [0.2, 0.25) is 0 Å². The number of hydrogen-bond acceptors (Lipinski definition) is 3. The van der Waals surface area contributed by atoms with Crippen molar-refractivity contribution in [1.82, 2.24) is 10.2 Å². The standard InChI is InChI=1S/C13H18Cl2N2S/c1-2-17(11-8-16-9-11)5-6-18-13-7-10(14)3-4-12(13)15/h3-4,7,11,16H,2,5-6,8-9H2,1H3. The maximum Gasteiger partial charge on any atom is 0.0542 e. The SMILES string of the molecule is CCN(CCSc1cc(Cl)ccc1Cl)C1CNC1. The summed E-state index contributed by atoms with van der Waals surface area (Å²) in [4.78, 5) is 3.59. The molecule has 2 rings (SSSR count). The highest BCUT2D eigenvalue weighted by Crippen LogP contribution is 2.29. The number of halogens is 2. The summed E-state index contributed by atoms with van der Waals surface area (Å²) in [5.74, 6) is 1.05. The van der Waals surface area contributed by atoms with E-state index in [0.29, 0.717) is 6.04 Å². The summed E-state index contributed by atoms with van der Waals surface area (Å²) < 4.78 is 0. The lowest BCUT2D eigenvalue weighted by atomic mass is 10.1. The van der Waals surface area contributed by atoms with Crippen molar-refractivity contribution < 1.29 is 0 Å². The van der Waals surface area contributed by atoms with Crippen LogP contribution in [0.2, 0.25) is 10.0 Å². The van der Waals surface area contributed by atoms with E-state index in [-0.39, 0.29) is 0 Å². The monoisotopic (exact) mass is 304 g/mol. The van der Waals surface area contributed by atoms with E-state index in [1.54, 1.807) is 11.8 Å². The molecular weight excluding hydrogens is 287 g/mol. The molecule has 0 radical (unpaired) electrons. The van der Waals surface area contributed by atoms with Gasteiger partial charge in [0.1, 0.15) is 0 Å². The summed E-state index contributed by atoms with van der Waals surface area (Å²) in [6.07, 6.45) is 0. The van der Waals surface area contributed by atoms with Gasteiger partial charge in [0.15, 0.2) is 0 Å². The topological polar surface area (TPSA) is 15.3 Å². The Morgan fingerprint density at radius 2 is 2.17 bits per heavy atom. The Hall–Kier alpha value is 0.0700. The Morgan fingerprint density at radius 1 is 1.39 bits per heavy atom. The van der Waals surface area contributed by atoms with E-state index in [1.165, 1.54) is 0 Å². The molecular formula is C13H18Cl2N2S. The lowest BCUT2D eigenvalue weighted by molar-refractivity contribution is 0.162. The molecule has 0 saturated carbocycles. The third-order valence-electron chi connectivity index (χ3n) is 3.21. The fourth-order valence-corrected chi connectivity index (χ4v) is 3.47. The van der Waals surface area contributed by atoms with Crippen LogP contribution in [-0.2, 0) is 0 Å². The third-order valence-corrected chi connectivity index (χ3v) is 4.92. The quantitative estimate of drug-likeness (QED) is 0.811. The minimum Gasteiger partial charge on any atom is -0.314 e. The summed E-state index contributed by atoms with van der Waals surface area (Å²) in [5.41, 5.74) is 0. The van der Waals surface area contributed by atoms with Crippen molar-refractivity contribution in [2.45, 2.75) is 17.9 Å². The zero-order chi connectivity index (χ0) is 13.0. The molecule has 0 atom stereocenters. The predicted molar refractivity (Wildman–Crippen MR) is 81.1 cm³/mol. The Labute approximate surface area is 123 Å². The molecule has 0 bridgehead atoms. The van der Waals surface area contributed by atoms with E-state index < -0.39 is 0 Å². The van der Waals surface area contributed by atoms with Crippen LogP contribution >= 0.6 is 35.0 Å².